The van der Waals surface area contributed by atoms with E-state index in [2.05, 4.69) is 10.2 Å². The molecule has 0 aliphatic carbocycles. The molecule has 0 aromatic heterocycles. The van der Waals surface area contributed by atoms with Gasteiger partial charge in [0.1, 0.15) is 17.4 Å². The van der Waals surface area contributed by atoms with Crippen molar-refractivity contribution >= 4 is 6.03 Å². The number of piperidine rings is 1. The number of carbonyl (C=O) groups excluding carboxylic acids is 1. The summed E-state index contributed by atoms with van der Waals surface area (Å²) in [5.41, 5.74) is 1.23. The van der Waals surface area contributed by atoms with Crippen LogP contribution >= 0.6 is 0 Å². The molecule has 1 aliphatic rings. The van der Waals surface area contributed by atoms with Gasteiger partial charge in [-0.15, -0.1) is 0 Å². The van der Waals surface area contributed by atoms with E-state index in [1.807, 2.05) is 45.2 Å². The number of ether oxygens (including phenoxy) is 1. The Morgan fingerprint density at radius 3 is 2.44 bits per heavy atom. The lowest BCUT2D eigenvalue weighted by atomic mass is 10.0. The van der Waals surface area contributed by atoms with E-state index in [4.69, 9.17) is 4.74 Å². The molecule has 1 aliphatic heterocycles. The Bertz CT molecular complexity index is 910. The van der Waals surface area contributed by atoms with Gasteiger partial charge in [0.2, 0.25) is 0 Å². The molecular formula is C25H33F2N3O2. The van der Waals surface area contributed by atoms with Crippen molar-refractivity contribution < 1.29 is 18.3 Å². The average Bonchev–Trinajstić information content (AvgIpc) is 2.76. The molecule has 1 N–H and O–H groups in total. The van der Waals surface area contributed by atoms with E-state index in [9.17, 15) is 13.6 Å². The number of halogens is 2. The van der Waals surface area contributed by atoms with Gasteiger partial charge in [0.15, 0.2) is 0 Å². The van der Waals surface area contributed by atoms with Gasteiger partial charge in [0.05, 0.1) is 12.6 Å². The first-order valence-electron chi connectivity index (χ1n) is 11.2. The lowest BCUT2D eigenvalue weighted by molar-refractivity contribution is 0.125. The molecule has 2 aromatic carbocycles. The number of amides is 2. The Morgan fingerprint density at radius 1 is 1.16 bits per heavy atom. The van der Waals surface area contributed by atoms with Crippen molar-refractivity contribution in [3.63, 3.8) is 0 Å². The van der Waals surface area contributed by atoms with Gasteiger partial charge in [-0.2, -0.15) is 0 Å². The standard InChI is InChI=1S/C25H33F2N3O2/c1-17(2)32-21-8-6-19(7-9-21)15-28-25(31)30(20-11-13-29(4)14-12-20)16-22-23(26)10-5-18(3)24(22)27/h5-10,17,20H,11-16H2,1-4H3,(H,28,31). The predicted octanol–water partition coefficient (Wildman–Crippen LogP) is 4.87. The van der Waals surface area contributed by atoms with Crippen LogP contribution in [0, 0.1) is 18.6 Å². The molecule has 0 bridgehead atoms. The van der Waals surface area contributed by atoms with Crippen LogP contribution in [0.15, 0.2) is 36.4 Å². The molecule has 7 heteroatoms. The van der Waals surface area contributed by atoms with Gasteiger partial charge < -0.3 is 19.9 Å². The third-order valence-electron chi connectivity index (χ3n) is 5.84. The summed E-state index contributed by atoms with van der Waals surface area (Å²) in [4.78, 5) is 16.9. The Balaban J connectivity index is 1.73. The summed E-state index contributed by atoms with van der Waals surface area (Å²) < 4.78 is 34.8. The van der Waals surface area contributed by atoms with E-state index >= 15 is 0 Å². The van der Waals surface area contributed by atoms with Crippen molar-refractivity contribution in [2.45, 2.75) is 58.8 Å². The molecule has 1 fully saturated rings. The van der Waals surface area contributed by atoms with E-state index in [1.165, 1.54) is 12.1 Å². The zero-order chi connectivity index (χ0) is 23.3. The molecule has 174 valence electrons. The molecule has 0 unspecified atom stereocenters. The smallest absolute Gasteiger partial charge is 0.318 e. The maximum absolute atomic E-state index is 14.7. The SMILES string of the molecule is Cc1ccc(F)c(CN(C(=O)NCc2ccc(OC(C)C)cc2)C2CCN(C)CC2)c1F. The fourth-order valence-corrected chi connectivity index (χ4v) is 3.94. The predicted molar refractivity (Wildman–Crippen MR) is 122 cm³/mol. The van der Waals surface area contributed by atoms with Crippen LogP contribution in [-0.4, -0.2) is 48.1 Å². The summed E-state index contributed by atoms with van der Waals surface area (Å²) in [6.07, 6.45) is 1.62. The first-order valence-corrected chi connectivity index (χ1v) is 11.2. The molecule has 5 nitrogen and oxygen atoms in total. The van der Waals surface area contributed by atoms with Crippen LogP contribution in [0.25, 0.3) is 0 Å². The highest BCUT2D eigenvalue weighted by atomic mass is 19.1. The summed E-state index contributed by atoms with van der Waals surface area (Å²) in [5.74, 6) is -0.440. The van der Waals surface area contributed by atoms with Crippen LogP contribution in [0.3, 0.4) is 0 Å². The number of rotatable bonds is 7. The van der Waals surface area contributed by atoms with Crippen molar-refractivity contribution in [1.82, 2.24) is 15.1 Å². The number of aryl methyl sites for hydroxylation is 1. The van der Waals surface area contributed by atoms with E-state index in [0.717, 1.165) is 37.2 Å². The van der Waals surface area contributed by atoms with Crippen molar-refractivity contribution in [3.8, 4) is 5.75 Å². The van der Waals surface area contributed by atoms with Crippen molar-refractivity contribution in [3.05, 3.63) is 64.7 Å². The van der Waals surface area contributed by atoms with Gasteiger partial charge in [-0.05, 0) is 83.1 Å². The van der Waals surface area contributed by atoms with Crippen molar-refractivity contribution in [2.75, 3.05) is 20.1 Å². The lowest BCUT2D eigenvalue weighted by Gasteiger charge is -2.37. The van der Waals surface area contributed by atoms with Gasteiger partial charge in [-0.25, -0.2) is 13.6 Å². The fourth-order valence-electron chi connectivity index (χ4n) is 3.94. The van der Waals surface area contributed by atoms with E-state index in [1.54, 1.807) is 11.8 Å². The van der Waals surface area contributed by atoms with Crippen LogP contribution < -0.4 is 10.1 Å². The number of urea groups is 1. The fraction of sp³-hybridized carbons (Fsp3) is 0.480. The monoisotopic (exact) mass is 445 g/mol. The van der Waals surface area contributed by atoms with Gasteiger partial charge in [0, 0.05) is 18.2 Å². The number of nitrogens with one attached hydrogen (secondary N) is 1. The summed E-state index contributed by atoms with van der Waals surface area (Å²) in [5, 5.41) is 2.93. The molecule has 2 amide bonds. The molecule has 32 heavy (non-hydrogen) atoms. The van der Waals surface area contributed by atoms with Crippen molar-refractivity contribution in [1.29, 1.82) is 0 Å². The minimum Gasteiger partial charge on any atom is -0.491 e. The second-order valence-corrected chi connectivity index (χ2v) is 8.79. The minimum atomic E-state index is -0.625. The summed E-state index contributed by atoms with van der Waals surface area (Å²) >= 11 is 0. The number of benzene rings is 2. The molecular weight excluding hydrogens is 412 g/mol. The van der Waals surface area contributed by atoms with Gasteiger partial charge in [-0.3, -0.25) is 0 Å². The van der Waals surface area contributed by atoms with E-state index in [0.29, 0.717) is 12.1 Å². The highest BCUT2D eigenvalue weighted by Crippen LogP contribution is 2.23. The zero-order valence-corrected chi connectivity index (χ0v) is 19.3. The third-order valence-corrected chi connectivity index (χ3v) is 5.84. The lowest BCUT2D eigenvalue weighted by Crippen LogP contribution is -2.49. The molecule has 0 spiro atoms. The van der Waals surface area contributed by atoms with Crippen LogP contribution in [0.5, 0.6) is 5.75 Å². The van der Waals surface area contributed by atoms with Gasteiger partial charge in [-0.1, -0.05) is 18.2 Å². The van der Waals surface area contributed by atoms with Crippen LogP contribution in [0.4, 0.5) is 13.6 Å². The average molecular weight is 446 g/mol. The molecule has 3 rings (SSSR count). The second-order valence-electron chi connectivity index (χ2n) is 8.79. The molecule has 1 heterocycles. The van der Waals surface area contributed by atoms with Crippen LogP contribution in [0.1, 0.15) is 43.4 Å². The van der Waals surface area contributed by atoms with Gasteiger partial charge in [0.25, 0.3) is 0 Å². The maximum Gasteiger partial charge on any atom is 0.318 e. The van der Waals surface area contributed by atoms with E-state index < -0.39 is 11.6 Å². The first kappa shape index (κ1) is 24.0. The molecule has 0 saturated carbocycles. The third kappa shape index (κ3) is 6.19. The number of likely N-dealkylation sites (tertiary alicyclic amines) is 1. The normalized spacial score (nSPS) is 15.1. The van der Waals surface area contributed by atoms with Crippen molar-refractivity contribution in [2.24, 2.45) is 0 Å². The Kier molecular flexibility index (Phi) is 8.07. The highest BCUT2D eigenvalue weighted by molar-refractivity contribution is 5.74. The molecule has 2 aromatic rings. The topological polar surface area (TPSA) is 44.8 Å². The number of nitrogens with zero attached hydrogens (tertiary/aromatic N) is 2. The Labute approximate surface area is 189 Å². The molecule has 1 saturated heterocycles. The highest BCUT2D eigenvalue weighted by Gasteiger charge is 2.29. The minimum absolute atomic E-state index is 0.0609. The largest absolute Gasteiger partial charge is 0.491 e. The summed E-state index contributed by atoms with van der Waals surface area (Å²) in [7, 11) is 2.03. The quantitative estimate of drug-likeness (QED) is 0.662. The second kappa shape index (κ2) is 10.8. The number of hydrogen-bond acceptors (Lipinski definition) is 3. The summed E-state index contributed by atoms with van der Waals surface area (Å²) in [6, 6.07) is 9.83. The van der Waals surface area contributed by atoms with Gasteiger partial charge >= 0.3 is 6.03 Å². The van der Waals surface area contributed by atoms with Crippen LogP contribution in [0.2, 0.25) is 0 Å². The van der Waals surface area contributed by atoms with E-state index in [-0.39, 0.29) is 30.3 Å². The summed E-state index contributed by atoms with van der Waals surface area (Å²) in [6.45, 7) is 7.43. The molecule has 0 radical (unpaired) electrons. The maximum atomic E-state index is 14.7. The number of carbonyl (C=O) groups is 1. The Morgan fingerprint density at radius 2 is 1.81 bits per heavy atom. The first-order chi connectivity index (χ1) is 15.2. The Hall–Kier alpha value is -2.67. The van der Waals surface area contributed by atoms with Crippen LogP contribution in [-0.2, 0) is 13.1 Å². The zero-order valence-electron chi connectivity index (χ0n) is 19.3. The number of hydrogen-bond donors (Lipinski definition) is 1. The molecule has 0 atom stereocenters.